The molecule has 15 heavy (non-hydrogen) atoms. The summed E-state index contributed by atoms with van der Waals surface area (Å²) >= 11 is 5.79. The molecule has 1 aromatic carbocycles. The molecule has 0 amide bonds. The number of aromatic amines is 1. The van der Waals surface area contributed by atoms with Crippen molar-refractivity contribution >= 4 is 11.6 Å². The third-order valence-electron chi connectivity index (χ3n) is 2.11. The molecule has 1 aromatic heterocycles. The maximum absolute atomic E-state index is 8.70. The molecular formula is C11H8ClN3. The fraction of sp³-hybridized carbons (Fsp3) is 0.0909. The standard InChI is InChI=1S/C11H8ClN3/c1-7-11(15-10(6-13)14-7)8-2-4-9(12)5-3-8/h2-5H,1H3,(H,14,15). The smallest absolute Gasteiger partial charge is 0.210 e. The van der Waals surface area contributed by atoms with Crippen molar-refractivity contribution in [3.05, 3.63) is 40.8 Å². The highest BCUT2D eigenvalue weighted by Gasteiger charge is 2.07. The summed E-state index contributed by atoms with van der Waals surface area (Å²) in [4.78, 5) is 7.07. The van der Waals surface area contributed by atoms with Crippen molar-refractivity contribution < 1.29 is 0 Å². The quantitative estimate of drug-likeness (QED) is 0.799. The predicted molar refractivity (Wildman–Crippen MR) is 58.5 cm³/mol. The second-order valence-electron chi connectivity index (χ2n) is 3.18. The Morgan fingerprint density at radius 2 is 2.00 bits per heavy atom. The van der Waals surface area contributed by atoms with Crippen molar-refractivity contribution in [2.24, 2.45) is 0 Å². The number of hydrogen-bond acceptors (Lipinski definition) is 2. The van der Waals surface area contributed by atoms with Gasteiger partial charge in [-0.15, -0.1) is 0 Å². The van der Waals surface area contributed by atoms with Gasteiger partial charge in [0.05, 0.1) is 5.69 Å². The van der Waals surface area contributed by atoms with Crippen molar-refractivity contribution in [2.75, 3.05) is 0 Å². The van der Waals surface area contributed by atoms with E-state index in [1.165, 1.54) is 0 Å². The second-order valence-corrected chi connectivity index (χ2v) is 3.61. The van der Waals surface area contributed by atoms with Gasteiger partial charge in [-0.1, -0.05) is 23.7 Å². The van der Waals surface area contributed by atoms with E-state index in [0.29, 0.717) is 10.8 Å². The van der Waals surface area contributed by atoms with E-state index in [4.69, 9.17) is 16.9 Å². The Bertz CT molecular complexity index is 520. The summed E-state index contributed by atoms with van der Waals surface area (Å²) in [6.07, 6.45) is 0. The number of H-pyrrole nitrogens is 1. The molecule has 1 N–H and O–H groups in total. The highest BCUT2D eigenvalue weighted by atomic mass is 35.5. The number of hydrogen-bond donors (Lipinski definition) is 1. The summed E-state index contributed by atoms with van der Waals surface area (Å²) < 4.78 is 0. The molecule has 0 saturated heterocycles. The van der Waals surface area contributed by atoms with Gasteiger partial charge < -0.3 is 4.98 Å². The first-order valence-electron chi connectivity index (χ1n) is 4.43. The van der Waals surface area contributed by atoms with Gasteiger partial charge in [0, 0.05) is 16.3 Å². The summed E-state index contributed by atoms with van der Waals surface area (Å²) in [6, 6.07) is 9.35. The third-order valence-corrected chi connectivity index (χ3v) is 2.36. The largest absolute Gasteiger partial charge is 0.333 e. The minimum atomic E-state index is 0.331. The number of aromatic nitrogens is 2. The van der Waals surface area contributed by atoms with Gasteiger partial charge in [-0.05, 0) is 19.1 Å². The first-order valence-corrected chi connectivity index (χ1v) is 4.81. The lowest BCUT2D eigenvalue weighted by molar-refractivity contribution is 1.20. The van der Waals surface area contributed by atoms with Gasteiger partial charge in [0.1, 0.15) is 6.07 Å². The van der Waals surface area contributed by atoms with E-state index in [9.17, 15) is 0 Å². The Balaban J connectivity index is 2.50. The van der Waals surface area contributed by atoms with E-state index in [1.54, 1.807) is 12.1 Å². The van der Waals surface area contributed by atoms with Crippen LogP contribution in [0.1, 0.15) is 11.5 Å². The summed E-state index contributed by atoms with van der Waals surface area (Å²) in [5.41, 5.74) is 2.63. The molecule has 0 radical (unpaired) electrons. The Labute approximate surface area is 92.3 Å². The lowest BCUT2D eigenvalue weighted by Gasteiger charge is -1.97. The van der Waals surface area contributed by atoms with Crippen molar-refractivity contribution in [1.82, 2.24) is 9.97 Å². The summed E-state index contributed by atoms with van der Waals surface area (Å²) in [5.74, 6) is 0.331. The molecule has 0 atom stereocenters. The monoisotopic (exact) mass is 217 g/mol. The molecule has 4 heteroatoms. The fourth-order valence-corrected chi connectivity index (χ4v) is 1.53. The van der Waals surface area contributed by atoms with Crippen LogP contribution < -0.4 is 0 Å². The lowest BCUT2D eigenvalue weighted by atomic mass is 10.1. The topological polar surface area (TPSA) is 52.5 Å². The van der Waals surface area contributed by atoms with Crippen LogP contribution in [0.25, 0.3) is 11.3 Å². The van der Waals surface area contributed by atoms with E-state index in [2.05, 4.69) is 9.97 Å². The second kappa shape index (κ2) is 3.76. The highest BCUT2D eigenvalue weighted by Crippen LogP contribution is 2.22. The van der Waals surface area contributed by atoms with Crippen LogP contribution in [0.15, 0.2) is 24.3 Å². The van der Waals surface area contributed by atoms with Gasteiger partial charge in [0.2, 0.25) is 5.82 Å². The molecule has 0 spiro atoms. The highest BCUT2D eigenvalue weighted by molar-refractivity contribution is 6.30. The normalized spacial score (nSPS) is 9.93. The maximum Gasteiger partial charge on any atom is 0.210 e. The van der Waals surface area contributed by atoms with Crippen LogP contribution in [0.3, 0.4) is 0 Å². The number of rotatable bonds is 1. The van der Waals surface area contributed by atoms with Gasteiger partial charge in [0.25, 0.3) is 0 Å². The maximum atomic E-state index is 8.70. The van der Waals surface area contributed by atoms with Crippen molar-refractivity contribution in [3.63, 3.8) is 0 Å². The minimum absolute atomic E-state index is 0.331. The SMILES string of the molecule is Cc1[nH]c(C#N)nc1-c1ccc(Cl)cc1. The Kier molecular flexibility index (Phi) is 2.44. The zero-order chi connectivity index (χ0) is 10.8. The lowest BCUT2D eigenvalue weighted by Crippen LogP contribution is -1.80. The van der Waals surface area contributed by atoms with Crippen LogP contribution >= 0.6 is 11.6 Å². The van der Waals surface area contributed by atoms with Crippen molar-refractivity contribution in [3.8, 4) is 17.3 Å². The average Bonchev–Trinajstić information content (AvgIpc) is 2.61. The van der Waals surface area contributed by atoms with Gasteiger partial charge >= 0.3 is 0 Å². The van der Waals surface area contributed by atoms with Crippen LogP contribution in [-0.2, 0) is 0 Å². The van der Waals surface area contributed by atoms with Crippen LogP contribution in [0.2, 0.25) is 5.02 Å². The summed E-state index contributed by atoms with van der Waals surface area (Å²) in [6.45, 7) is 1.89. The third kappa shape index (κ3) is 1.85. The molecule has 0 fully saturated rings. The Morgan fingerprint density at radius 1 is 1.33 bits per heavy atom. The van der Waals surface area contributed by atoms with Crippen molar-refractivity contribution in [1.29, 1.82) is 5.26 Å². The van der Waals surface area contributed by atoms with Crippen LogP contribution in [0.4, 0.5) is 0 Å². The first-order chi connectivity index (χ1) is 7.20. The predicted octanol–water partition coefficient (Wildman–Crippen LogP) is 2.91. The molecule has 74 valence electrons. The number of nitrogens with zero attached hydrogens (tertiary/aromatic N) is 2. The Hall–Kier alpha value is -1.79. The number of imidazole rings is 1. The molecule has 0 saturated carbocycles. The zero-order valence-corrected chi connectivity index (χ0v) is 8.84. The first kappa shape index (κ1) is 9.75. The zero-order valence-electron chi connectivity index (χ0n) is 8.08. The number of nitriles is 1. The van der Waals surface area contributed by atoms with Crippen LogP contribution in [0, 0.1) is 18.3 Å². The molecule has 0 bridgehead atoms. The fourth-order valence-electron chi connectivity index (χ4n) is 1.40. The van der Waals surface area contributed by atoms with E-state index >= 15 is 0 Å². The van der Waals surface area contributed by atoms with E-state index in [-0.39, 0.29) is 0 Å². The van der Waals surface area contributed by atoms with Gasteiger partial charge in [-0.3, -0.25) is 0 Å². The van der Waals surface area contributed by atoms with E-state index in [0.717, 1.165) is 17.0 Å². The molecule has 1 heterocycles. The summed E-state index contributed by atoms with van der Waals surface area (Å²) in [5, 5.41) is 9.39. The number of benzene rings is 1. The molecule has 0 aliphatic heterocycles. The van der Waals surface area contributed by atoms with E-state index in [1.807, 2.05) is 25.1 Å². The van der Waals surface area contributed by atoms with Crippen LogP contribution in [-0.4, -0.2) is 9.97 Å². The van der Waals surface area contributed by atoms with Gasteiger partial charge in [-0.2, -0.15) is 5.26 Å². The number of halogens is 1. The minimum Gasteiger partial charge on any atom is -0.333 e. The van der Waals surface area contributed by atoms with Crippen LogP contribution in [0.5, 0.6) is 0 Å². The molecular weight excluding hydrogens is 210 g/mol. The molecule has 0 unspecified atom stereocenters. The van der Waals surface area contributed by atoms with Crippen molar-refractivity contribution in [2.45, 2.75) is 6.92 Å². The molecule has 0 aliphatic carbocycles. The summed E-state index contributed by atoms with van der Waals surface area (Å²) in [7, 11) is 0. The Morgan fingerprint density at radius 3 is 2.53 bits per heavy atom. The number of nitrogens with one attached hydrogen (secondary N) is 1. The molecule has 2 aromatic rings. The average molecular weight is 218 g/mol. The number of aryl methyl sites for hydroxylation is 1. The molecule has 0 aliphatic rings. The van der Waals surface area contributed by atoms with Gasteiger partial charge in [0.15, 0.2) is 0 Å². The molecule has 2 rings (SSSR count). The van der Waals surface area contributed by atoms with E-state index < -0.39 is 0 Å². The van der Waals surface area contributed by atoms with Gasteiger partial charge in [-0.25, -0.2) is 4.98 Å². The molecule has 3 nitrogen and oxygen atoms in total.